The molecular weight excluding hydrogens is 252 g/mol. The Morgan fingerprint density at radius 3 is 2.25 bits per heavy atom. The average Bonchev–Trinajstić information content (AvgIpc) is 2.41. The highest BCUT2D eigenvalue weighted by Crippen LogP contribution is 2.37. The summed E-state index contributed by atoms with van der Waals surface area (Å²) in [6, 6.07) is 1.14. The first-order chi connectivity index (χ1) is 9.56. The molecule has 0 amide bonds. The van der Waals surface area contributed by atoms with Crippen molar-refractivity contribution in [3.05, 3.63) is 0 Å². The van der Waals surface area contributed by atoms with E-state index in [0.29, 0.717) is 17.5 Å². The van der Waals surface area contributed by atoms with E-state index in [1.54, 1.807) is 14.2 Å². The third-order valence-corrected chi connectivity index (χ3v) is 4.61. The van der Waals surface area contributed by atoms with Crippen LogP contribution >= 0.6 is 0 Å². The summed E-state index contributed by atoms with van der Waals surface area (Å²) in [4.78, 5) is 2.56. The Balaban J connectivity index is 2.77. The van der Waals surface area contributed by atoms with Gasteiger partial charge in [0.15, 0.2) is 0 Å². The number of likely N-dealkylation sites (N-methyl/N-ethyl adjacent to an activating group) is 1. The molecule has 2 atom stereocenters. The maximum atomic E-state index is 5.29. The van der Waals surface area contributed by atoms with Gasteiger partial charge in [0.25, 0.3) is 0 Å². The summed E-state index contributed by atoms with van der Waals surface area (Å²) in [6.07, 6.45) is 3.90. The van der Waals surface area contributed by atoms with Crippen molar-refractivity contribution in [3.8, 4) is 0 Å². The van der Waals surface area contributed by atoms with Gasteiger partial charge in [-0.25, -0.2) is 0 Å². The monoisotopic (exact) mass is 286 g/mol. The summed E-state index contributed by atoms with van der Waals surface area (Å²) in [6.45, 7) is 11.6. The van der Waals surface area contributed by atoms with Crippen molar-refractivity contribution in [2.24, 2.45) is 5.41 Å². The minimum Gasteiger partial charge on any atom is -0.383 e. The third-order valence-electron chi connectivity index (χ3n) is 4.61. The lowest BCUT2D eigenvalue weighted by Crippen LogP contribution is -2.59. The molecule has 4 nitrogen and oxygen atoms in total. The Labute approximate surface area is 125 Å². The maximum Gasteiger partial charge on any atom is 0.0589 e. The van der Waals surface area contributed by atoms with E-state index in [0.717, 1.165) is 32.8 Å². The van der Waals surface area contributed by atoms with Gasteiger partial charge in [0.05, 0.1) is 13.2 Å². The molecule has 1 rings (SSSR count). The fourth-order valence-corrected chi connectivity index (χ4v) is 3.50. The molecule has 1 fully saturated rings. The van der Waals surface area contributed by atoms with E-state index < -0.39 is 0 Å². The van der Waals surface area contributed by atoms with Gasteiger partial charge in [0.1, 0.15) is 0 Å². The lowest BCUT2D eigenvalue weighted by Gasteiger charge is -2.48. The maximum absolute atomic E-state index is 5.29. The molecule has 1 saturated carbocycles. The molecule has 1 aliphatic carbocycles. The molecule has 0 heterocycles. The van der Waals surface area contributed by atoms with Gasteiger partial charge < -0.3 is 14.8 Å². The minimum atomic E-state index is 0.358. The first-order valence-corrected chi connectivity index (χ1v) is 8.02. The van der Waals surface area contributed by atoms with E-state index in [1.807, 2.05) is 0 Å². The second-order valence-corrected chi connectivity index (χ2v) is 6.51. The van der Waals surface area contributed by atoms with Gasteiger partial charge in [-0.05, 0) is 24.8 Å². The summed E-state index contributed by atoms with van der Waals surface area (Å²) in [7, 11) is 3.56. The summed E-state index contributed by atoms with van der Waals surface area (Å²) < 4.78 is 10.6. The number of ether oxygens (including phenoxy) is 2. The van der Waals surface area contributed by atoms with Crippen LogP contribution in [0.1, 0.15) is 40.0 Å². The molecule has 4 heteroatoms. The Morgan fingerprint density at radius 1 is 1.15 bits per heavy atom. The summed E-state index contributed by atoms with van der Waals surface area (Å²) >= 11 is 0. The van der Waals surface area contributed by atoms with Crippen LogP contribution < -0.4 is 5.32 Å². The standard InChI is InChI=1S/C16H34N2O2/c1-6-17-15-14(8-7-9-16(15,2)3)18(10-12-19-4)11-13-20-5/h14-15,17H,6-13H2,1-5H3. The summed E-state index contributed by atoms with van der Waals surface area (Å²) in [5, 5.41) is 3.73. The molecule has 0 aromatic rings. The van der Waals surface area contributed by atoms with Gasteiger partial charge >= 0.3 is 0 Å². The third kappa shape index (κ3) is 4.99. The van der Waals surface area contributed by atoms with Crippen LogP contribution in [0, 0.1) is 5.41 Å². The van der Waals surface area contributed by atoms with Crippen LogP contribution in [-0.2, 0) is 9.47 Å². The fraction of sp³-hybridized carbons (Fsp3) is 1.00. The van der Waals surface area contributed by atoms with Crippen molar-refractivity contribution in [2.45, 2.75) is 52.1 Å². The second-order valence-electron chi connectivity index (χ2n) is 6.51. The second kappa shape index (κ2) is 8.98. The van der Waals surface area contributed by atoms with Crippen LogP contribution in [0.3, 0.4) is 0 Å². The average molecular weight is 286 g/mol. The van der Waals surface area contributed by atoms with Crippen LogP contribution in [0.4, 0.5) is 0 Å². The zero-order valence-electron chi connectivity index (χ0n) is 14.1. The van der Waals surface area contributed by atoms with Crippen LogP contribution in [0.2, 0.25) is 0 Å². The highest BCUT2D eigenvalue weighted by Gasteiger charge is 2.40. The van der Waals surface area contributed by atoms with Gasteiger partial charge in [-0.3, -0.25) is 4.90 Å². The van der Waals surface area contributed by atoms with Crippen LogP contribution in [0.25, 0.3) is 0 Å². The van der Waals surface area contributed by atoms with Crippen molar-refractivity contribution in [3.63, 3.8) is 0 Å². The Morgan fingerprint density at radius 2 is 1.75 bits per heavy atom. The number of nitrogens with one attached hydrogen (secondary N) is 1. The van der Waals surface area contributed by atoms with Crippen LogP contribution in [0.5, 0.6) is 0 Å². The van der Waals surface area contributed by atoms with Gasteiger partial charge in [-0.2, -0.15) is 0 Å². The van der Waals surface area contributed by atoms with Crippen LogP contribution in [-0.4, -0.2) is 64.1 Å². The normalized spacial score (nSPS) is 26.1. The number of rotatable bonds is 9. The number of methoxy groups -OCH3 is 2. The lowest BCUT2D eigenvalue weighted by molar-refractivity contribution is 0.0204. The van der Waals surface area contributed by atoms with Crippen molar-refractivity contribution in [2.75, 3.05) is 47.1 Å². The molecule has 0 radical (unpaired) electrons. The molecule has 120 valence electrons. The van der Waals surface area contributed by atoms with E-state index in [-0.39, 0.29) is 0 Å². The summed E-state index contributed by atoms with van der Waals surface area (Å²) in [5.41, 5.74) is 0.358. The van der Waals surface area contributed by atoms with E-state index in [1.165, 1.54) is 19.3 Å². The van der Waals surface area contributed by atoms with Crippen molar-refractivity contribution >= 4 is 0 Å². The molecule has 0 bridgehead atoms. The first kappa shape index (κ1) is 17.9. The van der Waals surface area contributed by atoms with E-state index in [2.05, 4.69) is 31.0 Å². The highest BCUT2D eigenvalue weighted by molar-refractivity contribution is 4.98. The minimum absolute atomic E-state index is 0.358. The predicted molar refractivity (Wildman–Crippen MR) is 84.2 cm³/mol. The highest BCUT2D eigenvalue weighted by atomic mass is 16.5. The van der Waals surface area contributed by atoms with E-state index >= 15 is 0 Å². The molecule has 0 aromatic carbocycles. The smallest absolute Gasteiger partial charge is 0.0589 e. The SMILES string of the molecule is CCNC1C(N(CCOC)CCOC)CCCC1(C)C. The zero-order valence-corrected chi connectivity index (χ0v) is 14.1. The first-order valence-electron chi connectivity index (χ1n) is 8.02. The van der Waals surface area contributed by atoms with Crippen molar-refractivity contribution < 1.29 is 9.47 Å². The quantitative estimate of drug-likeness (QED) is 0.704. The molecule has 0 saturated heterocycles. The van der Waals surface area contributed by atoms with Gasteiger partial charge in [0.2, 0.25) is 0 Å². The molecule has 20 heavy (non-hydrogen) atoms. The van der Waals surface area contributed by atoms with E-state index in [9.17, 15) is 0 Å². The molecular formula is C16H34N2O2. The predicted octanol–water partition coefficient (Wildman–Crippen LogP) is 2.14. The molecule has 0 aliphatic heterocycles. The lowest BCUT2D eigenvalue weighted by atomic mass is 9.70. The topological polar surface area (TPSA) is 33.7 Å². The molecule has 2 unspecified atom stereocenters. The molecule has 0 spiro atoms. The number of hydrogen-bond donors (Lipinski definition) is 1. The largest absolute Gasteiger partial charge is 0.383 e. The molecule has 1 aliphatic rings. The number of nitrogens with zero attached hydrogens (tertiary/aromatic N) is 1. The molecule has 1 N–H and O–H groups in total. The van der Waals surface area contributed by atoms with Gasteiger partial charge in [-0.1, -0.05) is 27.2 Å². The Bertz CT molecular complexity index is 251. The van der Waals surface area contributed by atoms with Gasteiger partial charge in [0, 0.05) is 39.4 Å². The summed E-state index contributed by atoms with van der Waals surface area (Å²) in [5.74, 6) is 0. The fourth-order valence-electron chi connectivity index (χ4n) is 3.50. The molecule has 0 aromatic heterocycles. The Kier molecular flexibility index (Phi) is 8.03. The van der Waals surface area contributed by atoms with Crippen LogP contribution in [0.15, 0.2) is 0 Å². The zero-order chi connectivity index (χ0) is 15.0. The Hall–Kier alpha value is -0.160. The van der Waals surface area contributed by atoms with Crippen molar-refractivity contribution in [1.82, 2.24) is 10.2 Å². The van der Waals surface area contributed by atoms with Gasteiger partial charge in [-0.15, -0.1) is 0 Å². The van der Waals surface area contributed by atoms with Crippen molar-refractivity contribution in [1.29, 1.82) is 0 Å². The number of hydrogen-bond acceptors (Lipinski definition) is 4. The van der Waals surface area contributed by atoms with E-state index in [4.69, 9.17) is 9.47 Å².